The van der Waals surface area contributed by atoms with Gasteiger partial charge in [0.25, 0.3) is 0 Å². The lowest BCUT2D eigenvalue weighted by molar-refractivity contribution is 1.13. The molecule has 16 heavy (non-hydrogen) atoms. The summed E-state index contributed by atoms with van der Waals surface area (Å²) in [7, 11) is 0. The summed E-state index contributed by atoms with van der Waals surface area (Å²) in [5.41, 5.74) is 2.07. The van der Waals surface area contributed by atoms with Crippen molar-refractivity contribution in [1.82, 2.24) is 4.98 Å². The second-order valence-corrected chi connectivity index (χ2v) is 4.17. The number of nitrogens with zero attached hydrogens (tertiary/aromatic N) is 1. The minimum Gasteiger partial charge on any atom is -0.381 e. The first kappa shape index (κ1) is 11.2. The van der Waals surface area contributed by atoms with Crippen LogP contribution in [0.15, 0.2) is 42.6 Å². The van der Waals surface area contributed by atoms with Crippen LogP contribution in [0.4, 0.5) is 5.69 Å². The van der Waals surface area contributed by atoms with Crippen molar-refractivity contribution in [3.8, 4) is 0 Å². The molecule has 2 nitrogen and oxygen atoms in total. The third-order valence-corrected chi connectivity index (χ3v) is 2.55. The Morgan fingerprint density at radius 1 is 1.12 bits per heavy atom. The fraction of sp³-hybridized carbons (Fsp3) is 0.0833. The molecule has 0 aliphatic carbocycles. The highest BCUT2D eigenvalue weighted by Gasteiger charge is 1.96. The fourth-order valence-electron chi connectivity index (χ4n) is 1.36. The summed E-state index contributed by atoms with van der Waals surface area (Å²) in [5, 5.41) is 4.48. The summed E-state index contributed by atoms with van der Waals surface area (Å²) in [6, 6.07) is 11.3. The van der Waals surface area contributed by atoms with E-state index < -0.39 is 0 Å². The van der Waals surface area contributed by atoms with Gasteiger partial charge in [-0.3, -0.25) is 0 Å². The number of nitrogens with one attached hydrogen (secondary N) is 1. The van der Waals surface area contributed by atoms with E-state index in [0.717, 1.165) is 16.3 Å². The molecule has 0 saturated heterocycles. The Bertz CT molecular complexity index is 440. The average Bonchev–Trinajstić information content (AvgIpc) is 2.27. The van der Waals surface area contributed by atoms with E-state index in [-0.39, 0.29) is 0 Å². The molecule has 0 aliphatic rings. The lowest BCUT2D eigenvalue weighted by Crippen LogP contribution is -1.99. The van der Waals surface area contributed by atoms with E-state index >= 15 is 0 Å². The van der Waals surface area contributed by atoms with E-state index in [0.29, 0.717) is 11.7 Å². The molecule has 0 bridgehead atoms. The van der Waals surface area contributed by atoms with Crippen molar-refractivity contribution in [3.63, 3.8) is 0 Å². The number of hydrogen-bond acceptors (Lipinski definition) is 2. The predicted molar refractivity (Wildman–Crippen MR) is 68.0 cm³/mol. The molecule has 2 aromatic rings. The smallest absolute Gasteiger partial charge is 0.129 e. The van der Waals surface area contributed by atoms with Crippen LogP contribution in [0.25, 0.3) is 0 Å². The molecule has 1 aromatic heterocycles. The minimum absolute atomic E-state index is 0.505. The Labute approximate surface area is 104 Å². The molecule has 1 N–H and O–H groups in total. The monoisotopic (exact) mass is 252 g/mol. The van der Waals surface area contributed by atoms with Gasteiger partial charge in [0.2, 0.25) is 0 Å². The number of aromatic nitrogens is 1. The van der Waals surface area contributed by atoms with Crippen molar-refractivity contribution in [2.45, 2.75) is 6.54 Å². The average molecular weight is 253 g/mol. The molecular weight excluding hydrogens is 243 g/mol. The quantitative estimate of drug-likeness (QED) is 0.836. The van der Waals surface area contributed by atoms with Crippen molar-refractivity contribution in [2.24, 2.45) is 0 Å². The topological polar surface area (TPSA) is 24.9 Å². The summed E-state index contributed by atoms with van der Waals surface area (Å²) < 4.78 is 0. The molecule has 0 spiro atoms. The van der Waals surface area contributed by atoms with Crippen molar-refractivity contribution in [2.75, 3.05) is 5.32 Å². The molecule has 0 aliphatic heterocycles. The van der Waals surface area contributed by atoms with E-state index in [4.69, 9.17) is 23.2 Å². The second kappa shape index (κ2) is 5.19. The second-order valence-electron chi connectivity index (χ2n) is 3.35. The minimum atomic E-state index is 0.505. The Morgan fingerprint density at radius 3 is 2.75 bits per heavy atom. The van der Waals surface area contributed by atoms with Gasteiger partial charge in [-0.05, 0) is 35.9 Å². The van der Waals surface area contributed by atoms with Gasteiger partial charge in [0.1, 0.15) is 5.15 Å². The molecule has 1 heterocycles. The van der Waals surface area contributed by atoms with Crippen LogP contribution < -0.4 is 5.32 Å². The molecule has 0 amide bonds. The first-order valence-electron chi connectivity index (χ1n) is 4.84. The number of rotatable bonds is 3. The fourth-order valence-corrected chi connectivity index (χ4v) is 1.74. The standard InChI is InChI=1S/C12H10Cl2N2/c13-10-2-1-3-11(7-10)16-8-9-4-5-15-12(14)6-9/h1-7,16H,8H2. The summed E-state index contributed by atoms with van der Waals surface area (Å²) in [5.74, 6) is 0. The lowest BCUT2D eigenvalue weighted by Gasteiger charge is -2.06. The largest absolute Gasteiger partial charge is 0.381 e. The van der Waals surface area contributed by atoms with Crippen LogP contribution in [0.3, 0.4) is 0 Å². The Kier molecular flexibility index (Phi) is 3.65. The van der Waals surface area contributed by atoms with E-state index in [9.17, 15) is 0 Å². The van der Waals surface area contributed by atoms with Crippen molar-refractivity contribution in [1.29, 1.82) is 0 Å². The zero-order valence-corrected chi connectivity index (χ0v) is 9.96. The maximum Gasteiger partial charge on any atom is 0.129 e. The van der Waals surface area contributed by atoms with Crippen LogP contribution in [-0.4, -0.2) is 4.98 Å². The first-order chi connectivity index (χ1) is 7.74. The molecular formula is C12H10Cl2N2. The lowest BCUT2D eigenvalue weighted by atomic mass is 10.2. The molecule has 0 fully saturated rings. The summed E-state index contributed by atoms with van der Waals surface area (Å²) in [6.07, 6.45) is 1.69. The Balaban J connectivity index is 2.02. The SMILES string of the molecule is Clc1cccc(NCc2ccnc(Cl)c2)c1. The van der Waals surface area contributed by atoms with E-state index in [1.807, 2.05) is 36.4 Å². The van der Waals surface area contributed by atoms with Gasteiger partial charge in [-0.15, -0.1) is 0 Å². The zero-order valence-electron chi connectivity index (χ0n) is 8.45. The molecule has 0 radical (unpaired) electrons. The van der Waals surface area contributed by atoms with E-state index in [1.54, 1.807) is 6.20 Å². The van der Waals surface area contributed by atoms with Crippen molar-refractivity contribution < 1.29 is 0 Å². The Morgan fingerprint density at radius 2 is 2.00 bits per heavy atom. The van der Waals surface area contributed by atoms with Gasteiger partial charge in [-0.2, -0.15) is 0 Å². The van der Waals surface area contributed by atoms with Crippen LogP contribution in [0.5, 0.6) is 0 Å². The van der Waals surface area contributed by atoms with E-state index in [2.05, 4.69) is 10.3 Å². The molecule has 0 unspecified atom stereocenters. The summed E-state index contributed by atoms with van der Waals surface area (Å²) in [4.78, 5) is 3.93. The van der Waals surface area contributed by atoms with Crippen molar-refractivity contribution in [3.05, 3.63) is 58.3 Å². The van der Waals surface area contributed by atoms with Gasteiger partial charge >= 0.3 is 0 Å². The van der Waals surface area contributed by atoms with Gasteiger partial charge in [0.05, 0.1) is 0 Å². The van der Waals surface area contributed by atoms with Crippen LogP contribution in [-0.2, 0) is 6.54 Å². The number of anilines is 1. The maximum atomic E-state index is 5.88. The van der Waals surface area contributed by atoms with Gasteiger partial charge < -0.3 is 5.32 Å². The van der Waals surface area contributed by atoms with Crippen LogP contribution in [0.1, 0.15) is 5.56 Å². The van der Waals surface area contributed by atoms with Crippen LogP contribution in [0.2, 0.25) is 10.2 Å². The molecule has 4 heteroatoms. The highest BCUT2D eigenvalue weighted by atomic mass is 35.5. The molecule has 0 atom stereocenters. The van der Waals surface area contributed by atoms with Gasteiger partial charge in [0, 0.05) is 23.5 Å². The van der Waals surface area contributed by atoms with Gasteiger partial charge in [0.15, 0.2) is 0 Å². The normalized spacial score (nSPS) is 10.1. The first-order valence-corrected chi connectivity index (χ1v) is 5.59. The number of halogens is 2. The molecule has 1 aromatic carbocycles. The third-order valence-electron chi connectivity index (χ3n) is 2.11. The molecule has 2 rings (SSSR count). The number of hydrogen-bond donors (Lipinski definition) is 1. The summed E-state index contributed by atoms with van der Waals surface area (Å²) >= 11 is 11.7. The maximum absolute atomic E-state index is 5.88. The zero-order chi connectivity index (χ0) is 11.4. The highest BCUT2D eigenvalue weighted by molar-refractivity contribution is 6.30. The van der Waals surface area contributed by atoms with E-state index in [1.165, 1.54) is 0 Å². The van der Waals surface area contributed by atoms with Gasteiger partial charge in [-0.1, -0.05) is 29.3 Å². The number of benzene rings is 1. The molecule has 82 valence electrons. The van der Waals surface area contributed by atoms with Crippen LogP contribution >= 0.6 is 23.2 Å². The third kappa shape index (κ3) is 3.12. The van der Waals surface area contributed by atoms with Gasteiger partial charge in [-0.25, -0.2) is 4.98 Å². The van der Waals surface area contributed by atoms with Crippen molar-refractivity contribution >= 4 is 28.9 Å². The highest BCUT2D eigenvalue weighted by Crippen LogP contribution is 2.16. The Hall–Kier alpha value is -1.25. The number of pyridine rings is 1. The predicted octanol–water partition coefficient (Wildman–Crippen LogP) is 4.00. The van der Waals surface area contributed by atoms with Crippen LogP contribution in [0, 0.1) is 0 Å². The summed E-state index contributed by atoms with van der Waals surface area (Å²) in [6.45, 7) is 0.697. The molecule has 0 saturated carbocycles.